The summed E-state index contributed by atoms with van der Waals surface area (Å²) in [6, 6.07) is 2.12. The number of halogens is 5. The van der Waals surface area contributed by atoms with Crippen molar-refractivity contribution in [1.82, 2.24) is 0 Å². The molecule has 1 heterocycles. The number of benzene rings is 1. The number of allylic oxidation sites excluding steroid dienone is 1. The molecule has 0 aromatic heterocycles. The molecule has 0 N–H and O–H groups in total. The van der Waals surface area contributed by atoms with E-state index in [2.05, 4.69) is 6.92 Å². The third-order valence-electron chi connectivity index (χ3n) is 3.98. The van der Waals surface area contributed by atoms with Gasteiger partial charge in [0.1, 0.15) is 11.6 Å². The molecule has 6 heteroatoms. The second-order valence-electron chi connectivity index (χ2n) is 5.83. The molecule has 1 nitrogen and oxygen atoms in total. The van der Waals surface area contributed by atoms with Crippen molar-refractivity contribution in [1.29, 1.82) is 0 Å². The van der Waals surface area contributed by atoms with Gasteiger partial charge < -0.3 is 4.74 Å². The molecule has 1 aromatic carbocycles. The van der Waals surface area contributed by atoms with Gasteiger partial charge >= 0.3 is 6.18 Å². The summed E-state index contributed by atoms with van der Waals surface area (Å²) in [6.07, 6.45) is -1.11. The predicted molar refractivity (Wildman–Crippen MR) is 77.8 cm³/mol. The highest BCUT2D eigenvalue weighted by atomic mass is 19.4. The minimum atomic E-state index is -4.61. The number of hydrogen-bond donors (Lipinski definition) is 0. The molecule has 23 heavy (non-hydrogen) atoms. The first-order chi connectivity index (χ1) is 10.8. The van der Waals surface area contributed by atoms with Gasteiger partial charge in [0.25, 0.3) is 0 Å². The fourth-order valence-corrected chi connectivity index (χ4v) is 2.83. The van der Waals surface area contributed by atoms with Gasteiger partial charge in [-0.1, -0.05) is 13.3 Å². The largest absolute Gasteiger partial charge is 0.409 e. The van der Waals surface area contributed by atoms with Gasteiger partial charge in [-0.25, -0.2) is 8.78 Å². The Kier molecular flexibility index (Phi) is 5.79. The van der Waals surface area contributed by atoms with Gasteiger partial charge in [-0.3, -0.25) is 0 Å². The van der Waals surface area contributed by atoms with E-state index in [1.807, 2.05) is 0 Å². The quantitative estimate of drug-likeness (QED) is 0.632. The molecule has 0 bridgehead atoms. The summed E-state index contributed by atoms with van der Waals surface area (Å²) in [5.74, 6) is -1.57. The normalized spacial score (nSPS) is 22.7. The number of alkyl halides is 3. The minimum absolute atomic E-state index is 0.180. The van der Waals surface area contributed by atoms with Crippen LogP contribution in [0.3, 0.4) is 0 Å². The zero-order valence-corrected chi connectivity index (χ0v) is 12.8. The molecule has 0 saturated carbocycles. The van der Waals surface area contributed by atoms with Crippen LogP contribution in [0.1, 0.15) is 49.8 Å². The average molecular weight is 334 g/mol. The van der Waals surface area contributed by atoms with Gasteiger partial charge in [0.2, 0.25) is 0 Å². The Hall–Kier alpha value is -1.43. The van der Waals surface area contributed by atoms with Crippen molar-refractivity contribution in [2.24, 2.45) is 5.92 Å². The summed E-state index contributed by atoms with van der Waals surface area (Å²) in [7, 11) is 0. The van der Waals surface area contributed by atoms with Gasteiger partial charge in [0.15, 0.2) is 0 Å². The molecule has 1 aromatic rings. The summed E-state index contributed by atoms with van der Waals surface area (Å²) < 4.78 is 69.9. The summed E-state index contributed by atoms with van der Waals surface area (Å²) >= 11 is 0. The van der Waals surface area contributed by atoms with E-state index in [9.17, 15) is 22.0 Å². The number of rotatable bonds is 4. The Bertz CT molecular complexity index is 534. The first-order valence-electron chi connectivity index (χ1n) is 7.66. The van der Waals surface area contributed by atoms with E-state index in [0.717, 1.165) is 31.4 Å². The van der Waals surface area contributed by atoms with Crippen LogP contribution in [0.4, 0.5) is 22.0 Å². The lowest BCUT2D eigenvalue weighted by Crippen LogP contribution is -2.20. The van der Waals surface area contributed by atoms with Crippen LogP contribution in [0, 0.1) is 17.6 Å². The van der Waals surface area contributed by atoms with E-state index in [1.165, 1.54) is 0 Å². The Balaban J connectivity index is 2.13. The lowest BCUT2D eigenvalue weighted by Gasteiger charge is -2.29. The van der Waals surface area contributed by atoms with Crippen LogP contribution in [0.25, 0.3) is 6.08 Å². The Morgan fingerprint density at radius 3 is 2.30 bits per heavy atom. The molecular weight excluding hydrogens is 315 g/mol. The molecule has 2 unspecified atom stereocenters. The van der Waals surface area contributed by atoms with Crippen LogP contribution in [-0.2, 0) is 4.74 Å². The smallest absolute Gasteiger partial charge is 0.373 e. The fraction of sp³-hybridized carbons (Fsp3) is 0.529. The topological polar surface area (TPSA) is 9.23 Å². The Morgan fingerprint density at radius 2 is 1.83 bits per heavy atom. The average Bonchev–Trinajstić information content (AvgIpc) is 2.46. The molecule has 0 amide bonds. The van der Waals surface area contributed by atoms with Crippen molar-refractivity contribution in [3.05, 3.63) is 41.0 Å². The van der Waals surface area contributed by atoms with Crippen LogP contribution >= 0.6 is 0 Å². The second kappa shape index (κ2) is 7.43. The van der Waals surface area contributed by atoms with E-state index in [1.54, 1.807) is 0 Å². The van der Waals surface area contributed by atoms with Gasteiger partial charge in [0.05, 0.1) is 12.7 Å². The molecule has 1 fully saturated rings. The van der Waals surface area contributed by atoms with Crippen LogP contribution in [0.5, 0.6) is 0 Å². The summed E-state index contributed by atoms with van der Waals surface area (Å²) in [5.41, 5.74) is -0.357. The summed E-state index contributed by atoms with van der Waals surface area (Å²) in [6.45, 7) is 2.63. The van der Waals surface area contributed by atoms with Gasteiger partial charge in [-0.15, -0.1) is 0 Å². The van der Waals surface area contributed by atoms with E-state index in [0.29, 0.717) is 30.6 Å². The maximum absolute atomic E-state index is 13.9. The van der Waals surface area contributed by atoms with E-state index >= 15 is 0 Å². The number of ether oxygens (including phenoxy) is 1. The molecule has 0 radical (unpaired) electrons. The number of hydrogen-bond acceptors (Lipinski definition) is 1. The minimum Gasteiger partial charge on any atom is -0.373 e. The predicted octanol–water partition coefficient (Wildman–Crippen LogP) is 5.81. The maximum Gasteiger partial charge on any atom is 0.409 e. The van der Waals surface area contributed by atoms with Gasteiger partial charge in [0, 0.05) is 11.6 Å². The van der Waals surface area contributed by atoms with Crippen LogP contribution in [0.2, 0.25) is 0 Å². The molecule has 128 valence electrons. The van der Waals surface area contributed by atoms with Crippen molar-refractivity contribution in [2.45, 2.75) is 44.9 Å². The van der Waals surface area contributed by atoms with Crippen molar-refractivity contribution in [3.63, 3.8) is 0 Å². The molecule has 2 atom stereocenters. The first-order valence-corrected chi connectivity index (χ1v) is 7.66. The van der Waals surface area contributed by atoms with Crippen LogP contribution in [0.15, 0.2) is 18.2 Å². The van der Waals surface area contributed by atoms with Gasteiger partial charge in [-0.05, 0) is 49.0 Å². The van der Waals surface area contributed by atoms with E-state index in [4.69, 9.17) is 4.74 Å². The summed E-state index contributed by atoms with van der Waals surface area (Å²) in [5, 5.41) is 0. The highest BCUT2D eigenvalue weighted by Gasteiger charge is 2.25. The van der Waals surface area contributed by atoms with E-state index < -0.39 is 29.5 Å². The standard InChI is InChI=1S/C17H19F5O/c1-2-3-11-4-5-16(23-10-11)12-8-14(18)13(15(19)9-12)6-7-17(20,21)22/h6-9,11,16H,2-5,10H2,1H3. The summed E-state index contributed by atoms with van der Waals surface area (Å²) in [4.78, 5) is 0. The van der Waals surface area contributed by atoms with Crippen molar-refractivity contribution in [3.8, 4) is 0 Å². The molecule has 0 spiro atoms. The van der Waals surface area contributed by atoms with Crippen LogP contribution in [-0.4, -0.2) is 12.8 Å². The first kappa shape index (κ1) is 17.9. The van der Waals surface area contributed by atoms with E-state index in [-0.39, 0.29) is 6.08 Å². The third-order valence-corrected chi connectivity index (χ3v) is 3.98. The second-order valence-corrected chi connectivity index (χ2v) is 5.83. The highest BCUT2D eigenvalue weighted by molar-refractivity contribution is 5.52. The highest BCUT2D eigenvalue weighted by Crippen LogP contribution is 2.34. The molecule has 0 aliphatic carbocycles. The SMILES string of the molecule is CCCC1CCC(c2cc(F)c(C=CC(F)(F)F)c(F)c2)OC1. The Labute approximate surface area is 132 Å². The third kappa shape index (κ3) is 5.03. The van der Waals surface area contributed by atoms with Crippen molar-refractivity contribution < 1.29 is 26.7 Å². The van der Waals surface area contributed by atoms with Gasteiger partial charge in [-0.2, -0.15) is 13.2 Å². The molecule has 1 aliphatic heterocycles. The molecular formula is C17H19F5O. The lowest BCUT2D eigenvalue weighted by atomic mass is 9.91. The molecule has 1 aliphatic rings. The zero-order chi connectivity index (χ0) is 17.0. The Morgan fingerprint density at radius 1 is 1.17 bits per heavy atom. The van der Waals surface area contributed by atoms with Crippen LogP contribution < -0.4 is 0 Å². The fourth-order valence-electron chi connectivity index (χ4n) is 2.83. The molecule has 1 saturated heterocycles. The zero-order valence-electron chi connectivity index (χ0n) is 12.8. The van der Waals surface area contributed by atoms with Crippen molar-refractivity contribution >= 4 is 6.08 Å². The lowest BCUT2D eigenvalue weighted by molar-refractivity contribution is -0.0790. The monoisotopic (exact) mass is 334 g/mol. The maximum atomic E-state index is 13.9. The van der Waals surface area contributed by atoms with Crippen molar-refractivity contribution in [2.75, 3.05) is 6.61 Å². The molecule has 2 rings (SSSR count).